The molecule has 1 fully saturated rings. The number of rotatable bonds is 5. The maximum Gasteiger partial charge on any atom is 0.334 e. The van der Waals surface area contributed by atoms with Crippen LogP contribution in [-0.4, -0.2) is 28.4 Å². The molecule has 1 aliphatic heterocycles. The highest BCUT2D eigenvalue weighted by molar-refractivity contribution is 7.83. The Balaban J connectivity index is 2.06. The van der Waals surface area contributed by atoms with Crippen molar-refractivity contribution in [3.63, 3.8) is 0 Å². The molecule has 8 heteroatoms. The van der Waals surface area contributed by atoms with E-state index in [0.717, 1.165) is 0 Å². The predicted octanol–water partition coefficient (Wildman–Crippen LogP) is 3.55. The van der Waals surface area contributed by atoms with Gasteiger partial charge in [0.2, 0.25) is 7.29 Å². The van der Waals surface area contributed by atoms with Gasteiger partial charge in [0.15, 0.2) is 10.7 Å². The smallest absolute Gasteiger partial charge is 0.334 e. The Morgan fingerprint density at radius 3 is 2.00 bits per heavy atom. The highest BCUT2D eigenvalue weighted by Gasteiger charge is 2.67. The van der Waals surface area contributed by atoms with Gasteiger partial charge in [-0.15, -0.1) is 0 Å². The van der Waals surface area contributed by atoms with Gasteiger partial charge in [-0.05, 0) is 62.5 Å². The Morgan fingerprint density at radius 1 is 1.00 bits per heavy atom. The van der Waals surface area contributed by atoms with Crippen LogP contribution in [0.1, 0.15) is 19.6 Å². The summed E-state index contributed by atoms with van der Waals surface area (Å²) in [4.78, 5) is 13.0. The minimum atomic E-state index is -3.56. The summed E-state index contributed by atoms with van der Waals surface area (Å²) < 4.78 is 27.7. The lowest BCUT2D eigenvalue weighted by Gasteiger charge is -2.44. The molecule has 1 aliphatic rings. The topological polar surface area (TPSA) is 71.8 Å². The molecule has 0 aliphatic carbocycles. The summed E-state index contributed by atoms with van der Waals surface area (Å²) in [6.07, 6.45) is 1.52. The van der Waals surface area contributed by atoms with Crippen molar-refractivity contribution in [1.29, 1.82) is 0 Å². The zero-order valence-electron chi connectivity index (χ0n) is 17.4. The number of thiocarbonyl (C=S) groups is 1. The van der Waals surface area contributed by atoms with Gasteiger partial charge >= 0.3 is 5.97 Å². The average Bonchev–Trinajstić information content (AvgIpc) is 3.41. The molecule has 0 spiro atoms. The van der Waals surface area contributed by atoms with Crippen molar-refractivity contribution in [3.8, 4) is 0 Å². The van der Waals surface area contributed by atoms with E-state index in [1.165, 1.54) is 13.4 Å². The number of hydrogen-bond acceptors (Lipinski definition) is 5. The monoisotopic (exact) mass is 454 g/mol. The second-order valence-corrected chi connectivity index (χ2v) is 10.6. The van der Waals surface area contributed by atoms with Crippen molar-refractivity contribution in [2.75, 3.05) is 7.11 Å². The molecular weight excluding hydrogens is 431 g/mol. The third-order valence-electron chi connectivity index (χ3n) is 6.04. The standard InChI is InChI=1S/C23H23N2O4PS/c1-22(20(26)28-3)23(2,19-15-10-16-29-19)25(21(31)24-22)30(27,17-11-6-4-7-12-17)18-13-8-5-9-14-18/h4-16H,1-3H3,(H,24,31)/t22-,23-/m1/s1. The first-order chi connectivity index (χ1) is 14.8. The lowest BCUT2D eigenvalue weighted by Crippen LogP contribution is -2.60. The molecule has 1 saturated heterocycles. The van der Waals surface area contributed by atoms with E-state index in [-0.39, 0.29) is 5.11 Å². The van der Waals surface area contributed by atoms with Crippen molar-refractivity contribution in [2.45, 2.75) is 24.9 Å². The first-order valence-corrected chi connectivity index (χ1v) is 11.8. The average molecular weight is 454 g/mol. The first kappa shape index (κ1) is 21.3. The molecule has 0 bridgehead atoms. The van der Waals surface area contributed by atoms with Gasteiger partial charge in [-0.3, -0.25) is 9.24 Å². The fourth-order valence-corrected chi connectivity index (χ4v) is 8.03. The number of methoxy groups -OCH3 is 1. The van der Waals surface area contributed by atoms with Crippen LogP contribution in [0.25, 0.3) is 0 Å². The summed E-state index contributed by atoms with van der Waals surface area (Å²) in [6, 6.07) is 21.8. The molecule has 3 aromatic rings. The van der Waals surface area contributed by atoms with Crippen LogP contribution in [0, 0.1) is 0 Å². The van der Waals surface area contributed by atoms with Crippen molar-refractivity contribution in [1.82, 2.24) is 9.99 Å². The van der Waals surface area contributed by atoms with Gasteiger partial charge in [0.05, 0.1) is 13.4 Å². The van der Waals surface area contributed by atoms with Crippen LogP contribution in [0.4, 0.5) is 0 Å². The number of furan rings is 1. The van der Waals surface area contributed by atoms with Crippen LogP contribution in [0.2, 0.25) is 0 Å². The van der Waals surface area contributed by atoms with Crippen LogP contribution < -0.4 is 15.9 Å². The molecule has 2 atom stereocenters. The molecular formula is C23H23N2O4PS. The van der Waals surface area contributed by atoms with Crippen LogP contribution in [0.3, 0.4) is 0 Å². The Labute approximate surface area is 186 Å². The van der Waals surface area contributed by atoms with Gasteiger partial charge < -0.3 is 14.5 Å². The maximum atomic E-state index is 15.1. The summed E-state index contributed by atoms with van der Waals surface area (Å²) in [5.74, 6) is -0.0937. The maximum absolute atomic E-state index is 15.1. The molecule has 2 heterocycles. The van der Waals surface area contributed by atoms with Crippen molar-refractivity contribution < 1.29 is 18.5 Å². The molecule has 0 saturated carbocycles. The summed E-state index contributed by atoms with van der Waals surface area (Å²) >= 11 is 5.72. The van der Waals surface area contributed by atoms with Gasteiger partial charge in [0.25, 0.3) is 0 Å². The van der Waals surface area contributed by atoms with Gasteiger partial charge in [0, 0.05) is 10.6 Å². The van der Waals surface area contributed by atoms with Gasteiger partial charge in [-0.1, -0.05) is 36.4 Å². The van der Waals surface area contributed by atoms with E-state index in [0.29, 0.717) is 16.4 Å². The van der Waals surface area contributed by atoms with E-state index >= 15 is 4.57 Å². The molecule has 1 N–H and O–H groups in total. The Kier molecular flexibility index (Phi) is 5.28. The van der Waals surface area contributed by atoms with Crippen molar-refractivity contribution in [2.24, 2.45) is 0 Å². The van der Waals surface area contributed by atoms with Gasteiger partial charge in [-0.2, -0.15) is 0 Å². The highest BCUT2D eigenvalue weighted by atomic mass is 32.1. The third kappa shape index (κ3) is 2.95. The molecule has 0 unspecified atom stereocenters. The number of carbonyl (C=O) groups is 1. The number of nitrogens with zero attached hydrogens (tertiary/aromatic N) is 1. The second-order valence-electron chi connectivity index (χ2n) is 7.66. The van der Waals surface area contributed by atoms with E-state index < -0.39 is 24.3 Å². The molecule has 0 radical (unpaired) electrons. The zero-order valence-corrected chi connectivity index (χ0v) is 19.2. The number of nitrogens with one attached hydrogen (secondary N) is 1. The second kappa shape index (κ2) is 7.66. The van der Waals surface area contributed by atoms with Crippen LogP contribution in [0.15, 0.2) is 83.5 Å². The van der Waals surface area contributed by atoms with Gasteiger partial charge in [-0.25, -0.2) is 4.79 Å². The molecule has 1 aromatic heterocycles. The fourth-order valence-electron chi connectivity index (χ4n) is 4.21. The van der Waals surface area contributed by atoms with Crippen molar-refractivity contribution >= 4 is 41.2 Å². The predicted molar refractivity (Wildman–Crippen MR) is 124 cm³/mol. The van der Waals surface area contributed by atoms with E-state index in [4.69, 9.17) is 21.4 Å². The molecule has 6 nitrogen and oxygen atoms in total. The number of carbonyl (C=O) groups excluding carboxylic acids is 1. The summed E-state index contributed by atoms with van der Waals surface area (Å²) in [7, 11) is -2.24. The number of benzene rings is 2. The minimum absolute atomic E-state index is 0.183. The van der Waals surface area contributed by atoms with Crippen LogP contribution in [-0.2, 0) is 19.6 Å². The molecule has 2 aromatic carbocycles. The lowest BCUT2D eigenvalue weighted by molar-refractivity contribution is -0.150. The quantitative estimate of drug-likeness (QED) is 0.359. The molecule has 31 heavy (non-hydrogen) atoms. The van der Waals surface area contributed by atoms with E-state index in [9.17, 15) is 4.79 Å². The number of hydrogen-bond donors (Lipinski definition) is 1. The van der Waals surface area contributed by atoms with E-state index in [1.807, 2.05) is 60.7 Å². The van der Waals surface area contributed by atoms with E-state index in [1.54, 1.807) is 30.7 Å². The minimum Gasteiger partial charge on any atom is -0.467 e. The Hall–Kier alpha value is -2.89. The fraction of sp³-hybridized carbons (Fsp3) is 0.217. The lowest BCUT2D eigenvalue weighted by atomic mass is 9.79. The summed E-state index contributed by atoms with van der Waals surface area (Å²) in [6.45, 7) is 3.49. The SMILES string of the molecule is COC(=O)[C@@]1(C)NC(=S)N(P(=O)(c2ccccc2)c2ccccc2)[C@]1(C)c1ccco1. The normalized spacial score (nSPS) is 23.5. The zero-order chi connectivity index (χ0) is 22.3. The molecule has 160 valence electrons. The van der Waals surface area contributed by atoms with Crippen LogP contribution >= 0.6 is 19.5 Å². The Bertz CT molecular complexity index is 1110. The molecule has 4 rings (SSSR count). The van der Waals surface area contributed by atoms with Crippen molar-refractivity contribution in [3.05, 3.63) is 84.8 Å². The largest absolute Gasteiger partial charge is 0.467 e. The number of ether oxygens (including phenoxy) is 1. The first-order valence-electron chi connectivity index (χ1n) is 9.76. The number of esters is 1. The highest BCUT2D eigenvalue weighted by Crippen LogP contribution is 2.60. The van der Waals surface area contributed by atoms with E-state index in [2.05, 4.69) is 5.32 Å². The Morgan fingerprint density at radius 2 is 1.55 bits per heavy atom. The summed E-state index contributed by atoms with van der Waals surface area (Å²) in [5.41, 5.74) is -2.60. The molecule has 0 amide bonds. The van der Waals surface area contributed by atoms with Gasteiger partial charge in [0.1, 0.15) is 11.3 Å². The van der Waals surface area contributed by atoms with Crippen LogP contribution in [0.5, 0.6) is 0 Å². The summed E-state index contributed by atoms with van der Waals surface area (Å²) in [5, 5.41) is 4.48. The third-order valence-corrected chi connectivity index (χ3v) is 9.61.